The monoisotopic (exact) mass is 313 g/mol. The van der Waals surface area contributed by atoms with Crippen molar-refractivity contribution in [2.75, 3.05) is 0 Å². The normalized spacial score (nSPS) is 15.6. The fourth-order valence-corrected chi connectivity index (χ4v) is 2.76. The Morgan fingerprint density at radius 2 is 1.67 bits per heavy atom. The van der Waals surface area contributed by atoms with Gasteiger partial charge in [-0.25, -0.2) is 0 Å². The standard InChI is InChI=1S/C16H27O4P/c1-7-15(3,4)12-10-9-11-13(20-21(17,18)19)14(12)16(5,6)8-2/h9-11H,7-8H2,1-6H3,(H2,17,18,19)/p-1. The number of hydrogen-bond donors (Lipinski definition) is 1. The lowest BCUT2D eigenvalue weighted by molar-refractivity contribution is -0.211. The highest BCUT2D eigenvalue weighted by atomic mass is 31.2. The van der Waals surface area contributed by atoms with Gasteiger partial charge in [0.05, 0.1) is 0 Å². The predicted octanol–water partition coefficient (Wildman–Crippen LogP) is 3.90. The summed E-state index contributed by atoms with van der Waals surface area (Å²) in [7, 11) is -4.83. The van der Waals surface area contributed by atoms with Crippen LogP contribution in [0.4, 0.5) is 0 Å². The van der Waals surface area contributed by atoms with E-state index in [4.69, 9.17) is 9.42 Å². The predicted molar refractivity (Wildman–Crippen MR) is 83.5 cm³/mol. The van der Waals surface area contributed by atoms with Crippen LogP contribution in [0.5, 0.6) is 5.75 Å². The van der Waals surface area contributed by atoms with Gasteiger partial charge in [0.25, 0.3) is 0 Å². The third-order valence-corrected chi connectivity index (χ3v) is 4.84. The zero-order valence-corrected chi connectivity index (χ0v) is 14.7. The first kappa shape index (κ1) is 18.2. The smallest absolute Gasteiger partial charge is 0.317 e. The maximum atomic E-state index is 11.2. The minimum atomic E-state index is -4.83. The Morgan fingerprint density at radius 3 is 2.10 bits per heavy atom. The van der Waals surface area contributed by atoms with E-state index in [1.165, 1.54) is 0 Å². The third-order valence-electron chi connectivity index (χ3n) is 4.41. The Kier molecular flexibility index (Phi) is 5.31. The molecule has 1 unspecified atom stereocenters. The van der Waals surface area contributed by atoms with Gasteiger partial charge in [-0.3, -0.25) is 4.57 Å². The lowest BCUT2D eigenvalue weighted by Gasteiger charge is -2.35. The van der Waals surface area contributed by atoms with Crippen LogP contribution >= 0.6 is 7.82 Å². The molecular formula is C16H26O4P-. The first-order valence-corrected chi connectivity index (χ1v) is 8.81. The van der Waals surface area contributed by atoms with E-state index >= 15 is 0 Å². The minimum Gasteiger partial charge on any atom is -0.746 e. The Morgan fingerprint density at radius 1 is 1.14 bits per heavy atom. The third kappa shape index (κ3) is 4.32. The van der Waals surface area contributed by atoms with Gasteiger partial charge in [-0.2, -0.15) is 0 Å². The summed E-state index contributed by atoms with van der Waals surface area (Å²) in [5, 5.41) is 0. The number of phosphoric acid groups is 1. The average Bonchev–Trinajstić information content (AvgIpc) is 2.36. The lowest BCUT2D eigenvalue weighted by Crippen LogP contribution is -2.26. The SMILES string of the molecule is CCC(C)(C)c1cccc(OP(=O)([O-])O)c1C(C)(C)CC. The van der Waals surface area contributed by atoms with E-state index in [2.05, 4.69) is 41.5 Å². The summed E-state index contributed by atoms with van der Waals surface area (Å²) < 4.78 is 16.0. The number of rotatable bonds is 6. The van der Waals surface area contributed by atoms with Gasteiger partial charge >= 0.3 is 7.82 Å². The molecular weight excluding hydrogens is 287 g/mol. The topological polar surface area (TPSA) is 69.6 Å². The highest BCUT2D eigenvalue weighted by molar-refractivity contribution is 7.45. The molecule has 0 saturated heterocycles. The van der Waals surface area contributed by atoms with Crippen LogP contribution in [0.15, 0.2) is 18.2 Å². The molecule has 1 rings (SSSR count). The second-order valence-electron chi connectivity index (χ2n) is 6.71. The van der Waals surface area contributed by atoms with Crippen LogP contribution in [0.25, 0.3) is 0 Å². The molecule has 1 aromatic carbocycles. The van der Waals surface area contributed by atoms with E-state index in [-0.39, 0.29) is 16.6 Å². The van der Waals surface area contributed by atoms with Crippen molar-refractivity contribution in [1.29, 1.82) is 0 Å². The molecule has 0 radical (unpaired) electrons. The zero-order valence-electron chi connectivity index (χ0n) is 13.8. The van der Waals surface area contributed by atoms with E-state index in [0.717, 1.165) is 24.0 Å². The van der Waals surface area contributed by atoms with E-state index in [1.807, 2.05) is 6.07 Å². The van der Waals surface area contributed by atoms with Crippen molar-refractivity contribution in [3.05, 3.63) is 29.3 Å². The zero-order chi connectivity index (χ0) is 16.5. The van der Waals surface area contributed by atoms with Crippen molar-refractivity contribution < 1.29 is 18.9 Å². The molecule has 4 nitrogen and oxygen atoms in total. The Bertz CT molecular complexity index is 543. The number of benzene rings is 1. The molecule has 1 N–H and O–H groups in total. The Hall–Kier alpha value is -0.830. The average molecular weight is 313 g/mol. The van der Waals surface area contributed by atoms with Gasteiger partial charge < -0.3 is 14.3 Å². The molecule has 1 aromatic rings. The largest absolute Gasteiger partial charge is 0.746 e. The summed E-state index contributed by atoms with van der Waals surface area (Å²) in [4.78, 5) is 20.2. The summed E-state index contributed by atoms with van der Waals surface area (Å²) in [5.74, 6) is 0.224. The quantitative estimate of drug-likeness (QED) is 0.809. The van der Waals surface area contributed by atoms with E-state index in [9.17, 15) is 9.46 Å². The van der Waals surface area contributed by atoms with Gasteiger partial charge in [-0.15, -0.1) is 0 Å². The molecule has 0 fully saturated rings. The second-order valence-corrected chi connectivity index (χ2v) is 7.83. The van der Waals surface area contributed by atoms with Crippen LogP contribution in [0, 0.1) is 0 Å². The Balaban J connectivity index is 3.61. The van der Waals surface area contributed by atoms with E-state index in [1.54, 1.807) is 12.1 Å². The first-order valence-electron chi connectivity index (χ1n) is 7.32. The maximum Gasteiger partial charge on any atom is 0.317 e. The summed E-state index contributed by atoms with van der Waals surface area (Å²) in [6, 6.07) is 5.38. The van der Waals surface area contributed by atoms with Crippen molar-refractivity contribution in [2.24, 2.45) is 0 Å². The molecule has 0 bridgehead atoms. The van der Waals surface area contributed by atoms with Crippen LogP contribution in [-0.2, 0) is 15.4 Å². The minimum absolute atomic E-state index is 0.108. The fourth-order valence-electron chi connectivity index (χ4n) is 2.36. The molecule has 0 heterocycles. The highest BCUT2D eigenvalue weighted by Crippen LogP contribution is 2.46. The lowest BCUT2D eigenvalue weighted by atomic mass is 9.71. The van der Waals surface area contributed by atoms with Gasteiger partial charge in [0.2, 0.25) is 0 Å². The van der Waals surface area contributed by atoms with Crippen LogP contribution in [0.3, 0.4) is 0 Å². The number of phosphoric ester groups is 1. The molecule has 5 heteroatoms. The van der Waals surface area contributed by atoms with Crippen molar-refractivity contribution in [3.63, 3.8) is 0 Å². The van der Waals surface area contributed by atoms with Gasteiger partial charge in [0, 0.05) is 5.56 Å². The van der Waals surface area contributed by atoms with Gasteiger partial charge in [-0.1, -0.05) is 53.7 Å². The van der Waals surface area contributed by atoms with Gasteiger partial charge in [0.15, 0.2) is 0 Å². The van der Waals surface area contributed by atoms with E-state index < -0.39 is 7.82 Å². The van der Waals surface area contributed by atoms with Gasteiger partial charge in [-0.05, 0) is 35.3 Å². The first-order chi connectivity index (χ1) is 9.44. The van der Waals surface area contributed by atoms with Crippen molar-refractivity contribution in [1.82, 2.24) is 0 Å². The van der Waals surface area contributed by atoms with Crippen molar-refractivity contribution >= 4 is 7.82 Å². The molecule has 0 aliphatic heterocycles. The van der Waals surface area contributed by atoms with Crippen LogP contribution < -0.4 is 9.42 Å². The maximum absolute atomic E-state index is 11.2. The summed E-state index contributed by atoms with van der Waals surface area (Å²) in [5.41, 5.74) is 1.55. The van der Waals surface area contributed by atoms with Crippen molar-refractivity contribution in [3.8, 4) is 5.75 Å². The summed E-state index contributed by atoms with van der Waals surface area (Å²) in [6.45, 7) is 12.5. The van der Waals surface area contributed by atoms with Crippen molar-refractivity contribution in [2.45, 2.75) is 65.2 Å². The molecule has 0 aromatic heterocycles. The molecule has 0 aliphatic rings. The molecule has 0 amide bonds. The van der Waals surface area contributed by atoms with Crippen LogP contribution in [-0.4, -0.2) is 4.89 Å². The second kappa shape index (κ2) is 6.12. The molecule has 0 saturated carbocycles. The van der Waals surface area contributed by atoms with Gasteiger partial charge in [0.1, 0.15) is 5.75 Å². The molecule has 0 spiro atoms. The highest BCUT2D eigenvalue weighted by Gasteiger charge is 2.32. The molecule has 120 valence electrons. The Labute approximate surface area is 127 Å². The molecule has 1 atom stereocenters. The summed E-state index contributed by atoms with van der Waals surface area (Å²) >= 11 is 0. The molecule has 0 aliphatic carbocycles. The fraction of sp³-hybridized carbons (Fsp3) is 0.625. The number of hydrogen-bond acceptors (Lipinski definition) is 3. The summed E-state index contributed by atoms with van der Waals surface area (Å²) in [6.07, 6.45) is 1.74. The van der Waals surface area contributed by atoms with E-state index in [0.29, 0.717) is 0 Å². The molecule has 21 heavy (non-hydrogen) atoms. The van der Waals surface area contributed by atoms with Crippen LogP contribution in [0.2, 0.25) is 0 Å². The van der Waals surface area contributed by atoms with Crippen LogP contribution in [0.1, 0.15) is 65.5 Å².